The molecule has 0 saturated carbocycles. The van der Waals surface area contributed by atoms with Crippen LogP contribution in [0.1, 0.15) is 43.8 Å². The van der Waals surface area contributed by atoms with Crippen molar-refractivity contribution in [1.29, 1.82) is 0 Å². The average molecular weight is 363 g/mol. The molecule has 0 spiro atoms. The summed E-state index contributed by atoms with van der Waals surface area (Å²) in [5.74, 6) is 1.63. The van der Waals surface area contributed by atoms with Gasteiger partial charge in [-0.05, 0) is 32.6 Å². The first-order valence-corrected chi connectivity index (χ1v) is 9.69. The molecule has 144 valence electrons. The maximum Gasteiger partial charge on any atom is 0.236 e. The Bertz CT molecular complexity index is 604. The second kappa shape index (κ2) is 9.12. The highest BCUT2D eigenvalue weighted by Gasteiger charge is 2.24. The zero-order chi connectivity index (χ0) is 18.4. The van der Waals surface area contributed by atoms with E-state index in [1.54, 1.807) is 6.92 Å². The van der Waals surface area contributed by atoms with Gasteiger partial charge in [0, 0.05) is 52.1 Å². The van der Waals surface area contributed by atoms with Gasteiger partial charge in [-0.2, -0.15) is 4.98 Å². The Morgan fingerprint density at radius 2 is 1.65 bits per heavy atom. The van der Waals surface area contributed by atoms with Crippen molar-refractivity contribution in [3.05, 3.63) is 11.7 Å². The molecule has 26 heavy (non-hydrogen) atoms. The van der Waals surface area contributed by atoms with Crippen LogP contribution in [-0.2, 0) is 16.0 Å². The van der Waals surface area contributed by atoms with Crippen molar-refractivity contribution in [3.8, 4) is 0 Å². The topological polar surface area (TPSA) is 82.8 Å². The molecule has 0 aromatic carbocycles. The molecule has 3 heterocycles. The second-order valence-electron chi connectivity index (χ2n) is 7.19. The molecule has 1 aromatic rings. The summed E-state index contributed by atoms with van der Waals surface area (Å²) in [6.45, 7) is 7.01. The number of likely N-dealkylation sites (tertiary alicyclic amines) is 1. The van der Waals surface area contributed by atoms with Crippen LogP contribution in [0.2, 0.25) is 0 Å². The molecule has 2 amide bonds. The van der Waals surface area contributed by atoms with E-state index in [0.29, 0.717) is 50.6 Å². The summed E-state index contributed by atoms with van der Waals surface area (Å²) < 4.78 is 5.06. The van der Waals surface area contributed by atoms with E-state index in [1.807, 2.05) is 9.80 Å². The van der Waals surface area contributed by atoms with Crippen LogP contribution in [0.15, 0.2) is 4.52 Å². The predicted molar refractivity (Wildman–Crippen MR) is 95.4 cm³/mol. The maximum absolute atomic E-state index is 12.3. The zero-order valence-electron chi connectivity index (χ0n) is 15.7. The van der Waals surface area contributed by atoms with Gasteiger partial charge in [0.05, 0.1) is 6.54 Å². The molecule has 8 nitrogen and oxygen atoms in total. The molecule has 1 aromatic heterocycles. The van der Waals surface area contributed by atoms with Gasteiger partial charge >= 0.3 is 0 Å². The number of aryl methyl sites for hydroxylation is 2. The minimum absolute atomic E-state index is 0.170. The third-order valence-electron chi connectivity index (χ3n) is 5.14. The van der Waals surface area contributed by atoms with Gasteiger partial charge in [-0.25, -0.2) is 0 Å². The van der Waals surface area contributed by atoms with E-state index in [0.717, 1.165) is 39.0 Å². The van der Waals surface area contributed by atoms with Gasteiger partial charge in [0.2, 0.25) is 17.7 Å². The summed E-state index contributed by atoms with van der Waals surface area (Å²) in [6.07, 6.45) is 5.32. The van der Waals surface area contributed by atoms with Gasteiger partial charge in [-0.15, -0.1) is 0 Å². The number of piperidine rings is 1. The van der Waals surface area contributed by atoms with Crippen LogP contribution < -0.4 is 0 Å². The van der Waals surface area contributed by atoms with Gasteiger partial charge in [0.15, 0.2) is 5.82 Å². The van der Waals surface area contributed by atoms with Crippen molar-refractivity contribution in [1.82, 2.24) is 24.8 Å². The molecule has 2 aliphatic rings. The third-order valence-corrected chi connectivity index (χ3v) is 5.14. The summed E-state index contributed by atoms with van der Waals surface area (Å²) in [6, 6.07) is 0. The summed E-state index contributed by atoms with van der Waals surface area (Å²) in [5.41, 5.74) is 0. The number of aromatic nitrogens is 2. The Morgan fingerprint density at radius 3 is 2.31 bits per heavy atom. The second-order valence-corrected chi connectivity index (χ2v) is 7.19. The van der Waals surface area contributed by atoms with E-state index in [9.17, 15) is 9.59 Å². The number of amides is 2. The lowest BCUT2D eigenvalue weighted by atomic mass is 10.1. The van der Waals surface area contributed by atoms with Gasteiger partial charge < -0.3 is 14.3 Å². The molecule has 0 atom stereocenters. The van der Waals surface area contributed by atoms with Crippen molar-refractivity contribution >= 4 is 11.8 Å². The molecule has 3 rings (SSSR count). The van der Waals surface area contributed by atoms with Gasteiger partial charge in [0.1, 0.15) is 0 Å². The van der Waals surface area contributed by atoms with Crippen molar-refractivity contribution < 1.29 is 14.1 Å². The van der Waals surface area contributed by atoms with Crippen LogP contribution in [0.5, 0.6) is 0 Å². The Labute approximate surface area is 154 Å². The maximum atomic E-state index is 12.3. The summed E-state index contributed by atoms with van der Waals surface area (Å²) in [4.78, 5) is 34.9. The van der Waals surface area contributed by atoms with Crippen molar-refractivity contribution in [2.75, 3.05) is 45.8 Å². The first-order chi connectivity index (χ1) is 12.6. The monoisotopic (exact) mass is 363 g/mol. The lowest BCUT2D eigenvalue weighted by Gasteiger charge is -2.36. The number of hydrogen-bond donors (Lipinski definition) is 0. The molecule has 2 fully saturated rings. The summed E-state index contributed by atoms with van der Waals surface area (Å²) >= 11 is 0. The average Bonchev–Trinajstić information content (AvgIpc) is 3.08. The molecule has 2 saturated heterocycles. The largest absolute Gasteiger partial charge is 0.342 e. The van der Waals surface area contributed by atoms with E-state index in [1.165, 1.54) is 6.42 Å². The highest BCUT2D eigenvalue weighted by molar-refractivity contribution is 5.78. The fraction of sp³-hybridized carbons (Fsp3) is 0.778. The van der Waals surface area contributed by atoms with Crippen LogP contribution in [0, 0.1) is 6.92 Å². The van der Waals surface area contributed by atoms with Crippen molar-refractivity contribution in [3.63, 3.8) is 0 Å². The zero-order valence-corrected chi connectivity index (χ0v) is 15.7. The standard InChI is InChI=1S/C18H29N5O3/c1-15-19-16(26-20-15)6-5-7-17(24)23-12-10-21(11-13-23)14-18(25)22-8-3-2-4-9-22/h2-14H2,1H3. The van der Waals surface area contributed by atoms with E-state index >= 15 is 0 Å². The Morgan fingerprint density at radius 1 is 0.962 bits per heavy atom. The smallest absolute Gasteiger partial charge is 0.236 e. The van der Waals surface area contributed by atoms with E-state index < -0.39 is 0 Å². The van der Waals surface area contributed by atoms with Crippen LogP contribution in [-0.4, -0.2) is 82.5 Å². The fourth-order valence-corrected chi connectivity index (χ4v) is 3.58. The Balaban J connectivity index is 1.33. The number of nitrogens with zero attached hydrogens (tertiary/aromatic N) is 5. The lowest BCUT2D eigenvalue weighted by Crippen LogP contribution is -2.52. The number of piperazine rings is 1. The van der Waals surface area contributed by atoms with Crippen molar-refractivity contribution in [2.45, 2.75) is 45.4 Å². The van der Waals surface area contributed by atoms with Crippen LogP contribution >= 0.6 is 0 Å². The van der Waals surface area contributed by atoms with Crippen LogP contribution in [0.3, 0.4) is 0 Å². The number of carbonyl (C=O) groups excluding carboxylic acids is 2. The van der Waals surface area contributed by atoms with Crippen LogP contribution in [0.25, 0.3) is 0 Å². The lowest BCUT2D eigenvalue weighted by molar-refractivity contribution is -0.135. The Hall–Kier alpha value is -1.96. The minimum atomic E-state index is 0.170. The molecule has 0 aliphatic carbocycles. The summed E-state index contributed by atoms with van der Waals surface area (Å²) in [7, 11) is 0. The first kappa shape index (κ1) is 18.8. The molecule has 0 radical (unpaired) electrons. The Kier molecular flexibility index (Phi) is 6.60. The van der Waals surface area contributed by atoms with Gasteiger partial charge in [-0.3, -0.25) is 14.5 Å². The SMILES string of the molecule is Cc1noc(CCCC(=O)N2CCN(CC(=O)N3CCCCC3)CC2)n1. The van der Waals surface area contributed by atoms with Crippen molar-refractivity contribution in [2.24, 2.45) is 0 Å². The van der Waals surface area contributed by atoms with Crippen LogP contribution in [0.4, 0.5) is 0 Å². The highest BCUT2D eigenvalue weighted by Crippen LogP contribution is 2.11. The molecular formula is C18H29N5O3. The molecular weight excluding hydrogens is 334 g/mol. The molecule has 0 unspecified atom stereocenters. The molecule has 2 aliphatic heterocycles. The highest BCUT2D eigenvalue weighted by atomic mass is 16.5. The first-order valence-electron chi connectivity index (χ1n) is 9.69. The number of carbonyl (C=O) groups is 2. The predicted octanol–water partition coefficient (Wildman–Crippen LogP) is 0.857. The van der Waals surface area contributed by atoms with E-state index in [2.05, 4.69) is 15.0 Å². The molecule has 0 bridgehead atoms. The van der Waals surface area contributed by atoms with Gasteiger partial charge in [-0.1, -0.05) is 5.16 Å². The fourth-order valence-electron chi connectivity index (χ4n) is 3.58. The third kappa shape index (κ3) is 5.27. The number of rotatable bonds is 6. The number of hydrogen-bond acceptors (Lipinski definition) is 6. The van der Waals surface area contributed by atoms with Gasteiger partial charge in [0.25, 0.3) is 0 Å². The van der Waals surface area contributed by atoms with E-state index in [4.69, 9.17) is 4.52 Å². The molecule has 8 heteroatoms. The molecule has 0 N–H and O–H groups in total. The quantitative estimate of drug-likeness (QED) is 0.745. The normalized spacial score (nSPS) is 19.0. The van der Waals surface area contributed by atoms with E-state index in [-0.39, 0.29) is 11.8 Å². The summed E-state index contributed by atoms with van der Waals surface area (Å²) in [5, 5.41) is 3.75. The minimum Gasteiger partial charge on any atom is -0.342 e.